The summed E-state index contributed by atoms with van der Waals surface area (Å²) in [7, 11) is 0. The minimum absolute atomic E-state index is 0.0310. The number of carbonyl (C=O) groups is 1. The SMILES string of the molecule is CC(C)OC(=O)[C@H](O)C(O)C1CCCCC1. The van der Waals surface area contributed by atoms with E-state index >= 15 is 0 Å². The fourth-order valence-electron chi connectivity index (χ4n) is 2.17. The molecule has 0 aliphatic heterocycles. The second-order valence-electron chi connectivity index (χ2n) is 4.82. The molecule has 4 nitrogen and oxygen atoms in total. The average molecular weight is 230 g/mol. The normalized spacial score (nSPS) is 21.8. The lowest BCUT2D eigenvalue weighted by molar-refractivity contribution is -0.166. The molecule has 1 saturated carbocycles. The summed E-state index contributed by atoms with van der Waals surface area (Å²) in [4.78, 5) is 11.4. The third kappa shape index (κ3) is 3.76. The van der Waals surface area contributed by atoms with Crippen molar-refractivity contribution in [3.05, 3.63) is 0 Å². The van der Waals surface area contributed by atoms with Crippen LogP contribution in [0.15, 0.2) is 0 Å². The average Bonchev–Trinajstić information content (AvgIpc) is 2.27. The molecule has 2 atom stereocenters. The summed E-state index contributed by atoms with van der Waals surface area (Å²) < 4.78 is 4.88. The summed E-state index contributed by atoms with van der Waals surface area (Å²) in [6.45, 7) is 3.44. The predicted octanol–water partition coefficient (Wildman–Crippen LogP) is 1.24. The molecule has 2 N–H and O–H groups in total. The van der Waals surface area contributed by atoms with Gasteiger partial charge in [0.2, 0.25) is 0 Å². The molecule has 0 spiro atoms. The van der Waals surface area contributed by atoms with Gasteiger partial charge in [-0.1, -0.05) is 19.3 Å². The monoisotopic (exact) mass is 230 g/mol. The molecule has 0 aromatic rings. The lowest BCUT2D eigenvalue weighted by atomic mass is 9.83. The Kier molecular flexibility index (Phi) is 5.22. The van der Waals surface area contributed by atoms with Crippen LogP contribution in [0.5, 0.6) is 0 Å². The van der Waals surface area contributed by atoms with Crippen molar-refractivity contribution in [1.29, 1.82) is 0 Å². The van der Waals surface area contributed by atoms with Crippen LogP contribution >= 0.6 is 0 Å². The van der Waals surface area contributed by atoms with Crippen LogP contribution < -0.4 is 0 Å². The van der Waals surface area contributed by atoms with Gasteiger partial charge in [-0.15, -0.1) is 0 Å². The zero-order valence-electron chi connectivity index (χ0n) is 10.1. The van der Waals surface area contributed by atoms with E-state index in [1.807, 2.05) is 0 Å². The van der Waals surface area contributed by atoms with E-state index in [4.69, 9.17) is 4.74 Å². The summed E-state index contributed by atoms with van der Waals surface area (Å²) in [6.07, 6.45) is 2.43. The standard InChI is InChI=1S/C12H22O4/c1-8(2)16-12(15)11(14)10(13)9-6-4-3-5-7-9/h8-11,13-14H,3-7H2,1-2H3/t10?,11-/m1/s1. The minimum Gasteiger partial charge on any atom is -0.461 e. The number of esters is 1. The summed E-state index contributed by atoms with van der Waals surface area (Å²) in [5, 5.41) is 19.5. The van der Waals surface area contributed by atoms with Gasteiger partial charge in [0.25, 0.3) is 0 Å². The number of hydrogen-bond donors (Lipinski definition) is 2. The van der Waals surface area contributed by atoms with E-state index in [1.165, 1.54) is 6.42 Å². The van der Waals surface area contributed by atoms with Crippen LogP contribution in [0.2, 0.25) is 0 Å². The molecule has 1 rings (SSSR count). The summed E-state index contributed by atoms with van der Waals surface area (Å²) in [6, 6.07) is 0. The highest BCUT2D eigenvalue weighted by Gasteiger charge is 2.33. The van der Waals surface area contributed by atoms with E-state index in [1.54, 1.807) is 13.8 Å². The fourth-order valence-corrected chi connectivity index (χ4v) is 2.17. The maximum atomic E-state index is 11.4. The molecule has 0 aromatic carbocycles. The summed E-state index contributed by atoms with van der Waals surface area (Å²) >= 11 is 0. The number of carbonyl (C=O) groups excluding carboxylic acids is 1. The van der Waals surface area contributed by atoms with Gasteiger partial charge in [-0.2, -0.15) is 0 Å². The van der Waals surface area contributed by atoms with Crippen LogP contribution in [0.3, 0.4) is 0 Å². The molecular formula is C12H22O4. The van der Waals surface area contributed by atoms with E-state index in [0.29, 0.717) is 0 Å². The first kappa shape index (κ1) is 13.5. The number of rotatable bonds is 4. The molecule has 94 valence electrons. The van der Waals surface area contributed by atoms with Crippen molar-refractivity contribution in [3.8, 4) is 0 Å². The highest BCUT2D eigenvalue weighted by Crippen LogP contribution is 2.28. The molecule has 0 bridgehead atoms. The third-order valence-corrected chi connectivity index (χ3v) is 3.05. The van der Waals surface area contributed by atoms with Gasteiger partial charge in [0, 0.05) is 0 Å². The van der Waals surface area contributed by atoms with Gasteiger partial charge in [0.1, 0.15) is 0 Å². The molecule has 16 heavy (non-hydrogen) atoms. The third-order valence-electron chi connectivity index (χ3n) is 3.05. The maximum absolute atomic E-state index is 11.4. The Hall–Kier alpha value is -0.610. The number of ether oxygens (including phenoxy) is 1. The highest BCUT2D eigenvalue weighted by atomic mass is 16.6. The van der Waals surface area contributed by atoms with Gasteiger partial charge < -0.3 is 14.9 Å². The largest absolute Gasteiger partial charge is 0.461 e. The zero-order chi connectivity index (χ0) is 12.1. The Balaban J connectivity index is 2.44. The van der Waals surface area contributed by atoms with Gasteiger partial charge in [0.15, 0.2) is 6.10 Å². The summed E-state index contributed by atoms with van der Waals surface area (Å²) in [5.41, 5.74) is 0. The van der Waals surface area contributed by atoms with Crippen LogP contribution in [-0.4, -0.2) is 34.5 Å². The quantitative estimate of drug-likeness (QED) is 0.713. The van der Waals surface area contributed by atoms with Crippen LogP contribution in [0.1, 0.15) is 46.0 Å². The van der Waals surface area contributed by atoms with Crippen LogP contribution in [0.4, 0.5) is 0 Å². The Morgan fingerprint density at radius 1 is 1.19 bits per heavy atom. The molecule has 0 amide bonds. The van der Waals surface area contributed by atoms with Crippen LogP contribution in [0.25, 0.3) is 0 Å². The van der Waals surface area contributed by atoms with Crippen molar-refractivity contribution in [1.82, 2.24) is 0 Å². The Bertz CT molecular complexity index is 221. The van der Waals surface area contributed by atoms with Crippen LogP contribution in [-0.2, 0) is 9.53 Å². The Morgan fingerprint density at radius 2 is 1.75 bits per heavy atom. The van der Waals surface area contributed by atoms with Crippen molar-refractivity contribution in [3.63, 3.8) is 0 Å². The first-order valence-electron chi connectivity index (χ1n) is 6.09. The summed E-state index contributed by atoms with van der Waals surface area (Å²) in [5.74, 6) is -0.684. The van der Waals surface area contributed by atoms with Gasteiger partial charge in [-0.3, -0.25) is 0 Å². The molecule has 1 unspecified atom stereocenters. The molecule has 4 heteroatoms. The minimum atomic E-state index is -1.40. The smallest absolute Gasteiger partial charge is 0.337 e. The Labute approximate surface area is 96.6 Å². The van der Waals surface area contributed by atoms with E-state index < -0.39 is 18.2 Å². The van der Waals surface area contributed by atoms with E-state index in [0.717, 1.165) is 25.7 Å². The van der Waals surface area contributed by atoms with Crippen molar-refractivity contribution in [2.75, 3.05) is 0 Å². The lowest BCUT2D eigenvalue weighted by Crippen LogP contribution is -2.41. The number of hydrogen-bond acceptors (Lipinski definition) is 4. The molecule has 0 aromatic heterocycles. The fraction of sp³-hybridized carbons (Fsp3) is 0.917. The molecule has 0 saturated heterocycles. The van der Waals surface area contributed by atoms with E-state index in [-0.39, 0.29) is 12.0 Å². The molecule has 1 aliphatic rings. The van der Waals surface area contributed by atoms with Crippen LogP contribution in [0, 0.1) is 5.92 Å². The second-order valence-corrected chi connectivity index (χ2v) is 4.82. The zero-order valence-corrected chi connectivity index (χ0v) is 10.1. The maximum Gasteiger partial charge on any atom is 0.337 e. The van der Waals surface area contributed by atoms with Crippen molar-refractivity contribution < 1.29 is 19.7 Å². The van der Waals surface area contributed by atoms with Crippen molar-refractivity contribution in [2.45, 2.75) is 64.3 Å². The predicted molar refractivity (Wildman–Crippen MR) is 59.8 cm³/mol. The number of aliphatic hydroxyl groups is 2. The van der Waals surface area contributed by atoms with Gasteiger partial charge in [-0.05, 0) is 32.6 Å². The molecular weight excluding hydrogens is 208 g/mol. The molecule has 1 aliphatic carbocycles. The van der Waals surface area contributed by atoms with Crippen molar-refractivity contribution >= 4 is 5.97 Å². The van der Waals surface area contributed by atoms with E-state index in [2.05, 4.69) is 0 Å². The van der Waals surface area contributed by atoms with Gasteiger partial charge in [-0.25, -0.2) is 4.79 Å². The number of aliphatic hydroxyl groups excluding tert-OH is 2. The lowest BCUT2D eigenvalue weighted by Gasteiger charge is -2.29. The first-order chi connectivity index (χ1) is 7.52. The Morgan fingerprint density at radius 3 is 2.25 bits per heavy atom. The van der Waals surface area contributed by atoms with E-state index in [9.17, 15) is 15.0 Å². The molecule has 0 radical (unpaired) electrons. The van der Waals surface area contributed by atoms with Gasteiger partial charge in [0.05, 0.1) is 12.2 Å². The molecule has 1 fully saturated rings. The second kappa shape index (κ2) is 6.21. The topological polar surface area (TPSA) is 66.8 Å². The van der Waals surface area contributed by atoms with Gasteiger partial charge >= 0.3 is 5.97 Å². The van der Waals surface area contributed by atoms with Crippen molar-refractivity contribution in [2.24, 2.45) is 5.92 Å². The molecule has 0 heterocycles. The first-order valence-corrected chi connectivity index (χ1v) is 6.09. The highest BCUT2D eigenvalue weighted by molar-refractivity contribution is 5.75.